The molecular formula is C12H14FNO2. The SMILES string of the molecule is COC(=O)C1CCCN1c1ccccc1F. The van der Waals surface area contributed by atoms with Gasteiger partial charge in [-0.15, -0.1) is 0 Å². The number of ether oxygens (including phenoxy) is 1. The minimum atomic E-state index is -0.345. The second-order valence-corrected chi connectivity index (χ2v) is 3.83. The maximum absolute atomic E-state index is 13.6. The molecule has 1 heterocycles. The minimum absolute atomic E-state index is 0.291. The van der Waals surface area contributed by atoms with E-state index >= 15 is 0 Å². The van der Waals surface area contributed by atoms with Crippen LogP contribution >= 0.6 is 0 Å². The van der Waals surface area contributed by atoms with Crippen LogP contribution in [0.5, 0.6) is 0 Å². The van der Waals surface area contributed by atoms with Gasteiger partial charge in [-0.3, -0.25) is 0 Å². The molecule has 0 aliphatic carbocycles. The molecule has 1 unspecified atom stereocenters. The third kappa shape index (κ3) is 1.87. The van der Waals surface area contributed by atoms with E-state index in [-0.39, 0.29) is 17.8 Å². The smallest absolute Gasteiger partial charge is 0.328 e. The first-order valence-corrected chi connectivity index (χ1v) is 5.33. The molecular weight excluding hydrogens is 209 g/mol. The van der Waals surface area contributed by atoms with Gasteiger partial charge >= 0.3 is 5.97 Å². The predicted molar refractivity (Wildman–Crippen MR) is 58.8 cm³/mol. The summed E-state index contributed by atoms with van der Waals surface area (Å²) >= 11 is 0. The van der Waals surface area contributed by atoms with E-state index in [4.69, 9.17) is 4.74 Å². The highest BCUT2D eigenvalue weighted by molar-refractivity contribution is 5.80. The number of hydrogen-bond acceptors (Lipinski definition) is 3. The van der Waals surface area contributed by atoms with E-state index in [1.165, 1.54) is 13.2 Å². The zero-order valence-electron chi connectivity index (χ0n) is 9.15. The van der Waals surface area contributed by atoms with Gasteiger partial charge in [-0.25, -0.2) is 9.18 Å². The van der Waals surface area contributed by atoms with E-state index in [1.807, 2.05) is 0 Å². The number of carbonyl (C=O) groups excluding carboxylic acids is 1. The van der Waals surface area contributed by atoms with Crippen LogP contribution in [0.15, 0.2) is 24.3 Å². The van der Waals surface area contributed by atoms with E-state index in [2.05, 4.69) is 0 Å². The Hall–Kier alpha value is -1.58. The van der Waals surface area contributed by atoms with Crippen LogP contribution in [0, 0.1) is 5.82 Å². The van der Waals surface area contributed by atoms with Gasteiger partial charge in [-0.2, -0.15) is 0 Å². The molecule has 1 saturated heterocycles. The van der Waals surface area contributed by atoms with E-state index < -0.39 is 0 Å². The molecule has 4 heteroatoms. The Morgan fingerprint density at radius 2 is 2.25 bits per heavy atom. The Balaban J connectivity index is 2.27. The fourth-order valence-corrected chi connectivity index (χ4v) is 2.12. The van der Waals surface area contributed by atoms with Crippen LogP contribution < -0.4 is 4.90 Å². The topological polar surface area (TPSA) is 29.5 Å². The van der Waals surface area contributed by atoms with Gasteiger partial charge in [0.15, 0.2) is 0 Å². The van der Waals surface area contributed by atoms with Gasteiger partial charge in [-0.1, -0.05) is 12.1 Å². The van der Waals surface area contributed by atoms with Crippen LogP contribution in [0.2, 0.25) is 0 Å². The van der Waals surface area contributed by atoms with Crippen molar-refractivity contribution >= 4 is 11.7 Å². The molecule has 1 atom stereocenters. The molecule has 1 aliphatic heterocycles. The van der Waals surface area contributed by atoms with Crippen molar-refractivity contribution < 1.29 is 13.9 Å². The van der Waals surface area contributed by atoms with E-state index in [9.17, 15) is 9.18 Å². The van der Waals surface area contributed by atoms with Crippen LogP contribution in [-0.4, -0.2) is 25.7 Å². The van der Waals surface area contributed by atoms with E-state index in [0.29, 0.717) is 12.2 Å². The standard InChI is InChI=1S/C12H14FNO2/c1-16-12(15)11-7-4-8-14(11)10-6-3-2-5-9(10)13/h2-3,5-6,11H,4,7-8H2,1H3. The summed E-state index contributed by atoms with van der Waals surface area (Å²) in [6.07, 6.45) is 1.61. The summed E-state index contributed by atoms with van der Waals surface area (Å²) in [5.41, 5.74) is 0.482. The second kappa shape index (κ2) is 4.51. The fourth-order valence-electron chi connectivity index (χ4n) is 2.12. The molecule has 86 valence electrons. The van der Waals surface area contributed by atoms with Crippen molar-refractivity contribution in [2.75, 3.05) is 18.6 Å². The van der Waals surface area contributed by atoms with E-state index in [0.717, 1.165) is 12.8 Å². The second-order valence-electron chi connectivity index (χ2n) is 3.83. The van der Waals surface area contributed by atoms with Gasteiger partial charge in [0.25, 0.3) is 0 Å². The fraction of sp³-hybridized carbons (Fsp3) is 0.417. The molecule has 0 radical (unpaired) electrons. The molecule has 0 spiro atoms. The van der Waals surface area contributed by atoms with E-state index in [1.54, 1.807) is 23.1 Å². The molecule has 0 N–H and O–H groups in total. The van der Waals surface area contributed by atoms with Crippen molar-refractivity contribution in [3.63, 3.8) is 0 Å². The molecule has 1 fully saturated rings. The first-order chi connectivity index (χ1) is 7.74. The van der Waals surface area contributed by atoms with Crippen LogP contribution in [0.4, 0.5) is 10.1 Å². The molecule has 1 aromatic rings. The number of anilines is 1. The summed E-state index contributed by atoms with van der Waals surface area (Å²) in [4.78, 5) is 13.3. The highest BCUT2D eigenvalue weighted by Crippen LogP contribution is 2.28. The molecule has 2 rings (SSSR count). The Morgan fingerprint density at radius 1 is 1.50 bits per heavy atom. The Bertz CT molecular complexity index is 394. The van der Waals surface area contributed by atoms with Crippen molar-refractivity contribution in [3.8, 4) is 0 Å². The largest absolute Gasteiger partial charge is 0.467 e. The lowest BCUT2D eigenvalue weighted by Gasteiger charge is -2.24. The number of halogens is 1. The van der Waals surface area contributed by atoms with Gasteiger partial charge in [0.1, 0.15) is 11.9 Å². The quantitative estimate of drug-likeness (QED) is 0.718. The van der Waals surface area contributed by atoms with Gasteiger partial charge in [0, 0.05) is 6.54 Å². The molecule has 1 aromatic carbocycles. The molecule has 0 aromatic heterocycles. The number of nitrogens with zero attached hydrogens (tertiary/aromatic N) is 1. The molecule has 1 aliphatic rings. The van der Waals surface area contributed by atoms with Crippen molar-refractivity contribution in [3.05, 3.63) is 30.1 Å². The average molecular weight is 223 g/mol. The summed E-state index contributed by atoms with van der Waals surface area (Å²) in [6, 6.07) is 6.16. The highest BCUT2D eigenvalue weighted by Gasteiger charge is 2.32. The number of benzene rings is 1. The summed E-state index contributed by atoms with van der Waals surface area (Å²) in [5, 5.41) is 0. The molecule has 16 heavy (non-hydrogen) atoms. The number of para-hydroxylation sites is 1. The molecule has 0 bridgehead atoms. The van der Waals surface area contributed by atoms with Gasteiger partial charge < -0.3 is 9.64 Å². The zero-order valence-corrected chi connectivity index (χ0v) is 9.15. The lowest BCUT2D eigenvalue weighted by Crippen LogP contribution is -2.37. The zero-order chi connectivity index (χ0) is 11.5. The Labute approximate surface area is 93.8 Å². The first kappa shape index (κ1) is 10.9. The van der Waals surface area contributed by atoms with Crippen LogP contribution in [0.3, 0.4) is 0 Å². The summed E-state index contributed by atoms with van der Waals surface area (Å²) in [6.45, 7) is 0.695. The number of hydrogen-bond donors (Lipinski definition) is 0. The maximum Gasteiger partial charge on any atom is 0.328 e. The maximum atomic E-state index is 13.6. The van der Waals surface area contributed by atoms with Gasteiger partial charge in [0.05, 0.1) is 12.8 Å². The number of esters is 1. The monoisotopic (exact) mass is 223 g/mol. The van der Waals surface area contributed by atoms with Gasteiger partial charge in [0.2, 0.25) is 0 Å². The summed E-state index contributed by atoms with van der Waals surface area (Å²) in [5.74, 6) is -0.584. The number of methoxy groups -OCH3 is 1. The molecule has 0 saturated carbocycles. The van der Waals surface area contributed by atoms with Crippen molar-refractivity contribution in [2.45, 2.75) is 18.9 Å². The number of rotatable bonds is 2. The predicted octanol–water partition coefficient (Wildman–Crippen LogP) is 1.97. The summed E-state index contributed by atoms with van der Waals surface area (Å²) < 4.78 is 18.3. The lowest BCUT2D eigenvalue weighted by atomic mass is 10.2. The Morgan fingerprint density at radius 3 is 2.94 bits per heavy atom. The highest BCUT2D eigenvalue weighted by atomic mass is 19.1. The normalized spacial score (nSPS) is 19.9. The van der Waals surface area contributed by atoms with Crippen LogP contribution in [0.25, 0.3) is 0 Å². The van der Waals surface area contributed by atoms with Crippen molar-refractivity contribution in [1.82, 2.24) is 0 Å². The third-order valence-electron chi connectivity index (χ3n) is 2.89. The van der Waals surface area contributed by atoms with Crippen LogP contribution in [-0.2, 0) is 9.53 Å². The van der Waals surface area contributed by atoms with Gasteiger partial charge in [-0.05, 0) is 25.0 Å². The van der Waals surface area contributed by atoms with Crippen LogP contribution in [0.1, 0.15) is 12.8 Å². The van der Waals surface area contributed by atoms with Crippen molar-refractivity contribution in [2.24, 2.45) is 0 Å². The molecule has 3 nitrogen and oxygen atoms in total. The minimum Gasteiger partial charge on any atom is -0.467 e. The first-order valence-electron chi connectivity index (χ1n) is 5.33. The number of carbonyl (C=O) groups is 1. The summed E-state index contributed by atoms with van der Waals surface area (Å²) in [7, 11) is 1.36. The lowest BCUT2D eigenvalue weighted by molar-refractivity contribution is -0.141. The van der Waals surface area contributed by atoms with Crippen molar-refractivity contribution in [1.29, 1.82) is 0 Å². The molecule has 0 amide bonds. The Kier molecular flexibility index (Phi) is 3.08. The average Bonchev–Trinajstić information content (AvgIpc) is 2.77. The third-order valence-corrected chi connectivity index (χ3v) is 2.89.